The van der Waals surface area contributed by atoms with E-state index in [0.717, 1.165) is 16.6 Å². The molecule has 0 unspecified atom stereocenters. The van der Waals surface area contributed by atoms with Crippen LogP contribution in [0.25, 0.3) is 10.9 Å². The van der Waals surface area contributed by atoms with E-state index < -0.39 is 5.97 Å². The lowest BCUT2D eigenvalue weighted by Gasteiger charge is -2.20. The summed E-state index contributed by atoms with van der Waals surface area (Å²) in [6.07, 6.45) is -0.0254. The van der Waals surface area contributed by atoms with Crippen LogP contribution in [0.15, 0.2) is 24.3 Å². The molecule has 2 aromatic rings. The van der Waals surface area contributed by atoms with Gasteiger partial charge in [-0.25, -0.2) is 0 Å². The van der Waals surface area contributed by atoms with Gasteiger partial charge in [0.25, 0.3) is 0 Å². The summed E-state index contributed by atoms with van der Waals surface area (Å²) in [5, 5.41) is 10.4. The summed E-state index contributed by atoms with van der Waals surface area (Å²) in [7, 11) is 0. The summed E-state index contributed by atoms with van der Waals surface area (Å²) in [5.74, 6) is -0.854. The number of halogens is 1. The van der Waals surface area contributed by atoms with E-state index >= 15 is 0 Å². The Kier molecular flexibility index (Phi) is 3.50. The van der Waals surface area contributed by atoms with Gasteiger partial charge in [0.1, 0.15) is 0 Å². The van der Waals surface area contributed by atoms with Gasteiger partial charge in [-0.1, -0.05) is 44.5 Å². The largest absolute Gasteiger partial charge is 0.481 e. The number of carboxylic acids is 1. The van der Waals surface area contributed by atoms with Gasteiger partial charge in [0.05, 0.1) is 17.0 Å². The molecule has 4 heteroatoms. The molecule has 1 heterocycles. The Hall–Kier alpha value is -1.61. The molecular weight excluding hydrogens is 262 g/mol. The number of rotatable bonds is 2. The maximum Gasteiger partial charge on any atom is 0.307 e. The first-order valence-electron chi connectivity index (χ1n) is 6.09. The zero-order valence-electron chi connectivity index (χ0n) is 11.2. The summed E-state index contributed by atoms with van der Waals surface area (Å²) in [4.78, 5) is 15.6. The zero-order valence-corrected chi connectivity index (χ0v) is 12.0. The average Bonchev–Trinajstić information content (AvgIpc) is 2.28. The van der Waals surface area contributed by atoms with Crippen LogP contribution in [-0.4, -0.2) is 16.1 Å². The van der Waals surface area contributed by atoms with Crippen LogP contribution in [0, 0.1) is 0 Å². The highest BCUT2D eigenvalue weighted by Gasteiger charge is 2.19. The van der Waals surface area contributed by atoms with E-state index in [1.165, 1.54) is 0 Å². The molecule has 0 bridgehead atoms. The van der Waals surface area contributed by atoms with Gasteiger partial charge >= 0.3 is 5.97 Å². The predicted octanol–water partition coefficient (Wildman–Crippen LogP) is 3.81. The fraction of sp³-hybridized carbons (Fsp3) is 0.333. The molecule has 0 aliphatic rings. The van der Waals surface area contributed by atoms with Crippen LogP contribution in [0.4, 0.5) is 0 Å². The van der Waals surface area contributed by atoms with Gasteiger partial charge in [-0.2, -0.15) is 0 Å². The average molecular weight is 278 g/mol. The summed E-state index contributed by atoms with van der Waals surface area (Å²) in [5.41, 5.74) is 2.13. The first-order valence-corrected chi connectivity index (χ1v) is 6.47. The van der Waals surface area contributed by atoms with Crippen molar-refractivity contribution >= 4 is 28.5 Å². The lowest BCUT2D eigenvalue weighted by molar-refractivity contribution is -0.136. The lowest BCUT2D eigenvalue weighted by atomic mass is 9.89. The Labute approximate surface area is 117 Å². The number of para-hydroxylation sites is 1. The van der Waals surface area contributed by atoms with Gasteiger partial charge in [-0.05, 0) is 17.7 Å². The van der Waals surface area contributed by atoms with Crippen LogP contribution in [0.1, 0.15) is 32.0 Å². The van der Waals surface area contributed by atoms with E-state index in [9.17, 15) is 4.79 Å². The van der Waals surface area contributed by atoms with Crippen molar-refractivity contribution in [3.63, 3.8) is 0 Å². The van der Waals surface area contributed by atoms with E-state index in [2.05, 4.69) is 4.98 Å². The van der Waals surface area contributed by atoms with Gasteiger partial charge in [-0.15, -0.1) is 0 Å². The Morgan fingerprint density at radius 3 is 2.63 bits per heavy atom. The summed E-state index contributed by atoms with van der Waals surface area (Å²) >= 11 is 6.18. The fourth-order valence-corrected chi connectivity index (χ4v) is 2.19. The molecule has 0 amide bonds. The number of carbonyl (C=O) groups is 1. The number of aromatic nitrogens is 1. The van der Waals surface area contributed by atoms with Crippen molar-refractivity contribution in [3.8, 4) is 0 Å². The SMILES string of the molecule is CC(C)(C)c1cc(CC(=O)O)c2cccc(Cl)c2n1. The van der Waals surface area contributed by atoms with Crippen molar-refractivity contribution in [3.05, 3.63) is 40.5 Å². The van der Waals surface area contributed by atoms with Crippen LogP contribution in [0.5, 0.6) is 0 Å². The Morgan fingerprint density at radius 1 is 1.37 bits per heavy atom. The molecule has 0 spiro atoms. The van der Waals surface area contributed by atoms with E-state index in [0.29, 0.717) is 10.5 Å². The van der Waals surface area contributed by atoms with Crippen LogP contribution in [-0.2, 0) is 16.6 Å². The summed E-state index contributed by atoms with van der Waals surface area (Å²) < 4.78 is 0. The van der Waals surface area contributed by atoms with Gasteiger partial charge in [0, 0.05) is 16.5 Å². The van der Waals surface area contributed by atoms with Crippen LogP contribution in [0.2, 0.25) is 5.02 Å². The van der Waals surface area contributed by atoms with Crippen LogP contribution in [0.3, 0.4) is 0 Å². The first kappa shape index (κ1) is 13.8. The maximum atomic E-state index is 11.0. The van der Waals surface area contributed by atoms with Crippen molar-refractivity contribution < 1.29 is 9.90 Å². The van der Waals surface area contributed by atoms with Crippen molar-refractivity contribution in [2.45, 2.75) is 32.6 Å². The molecule has 19 heavy (non-hydrogen) atoms. The summed E-state index contributed by atoms with van der Waals surface area (Å²) in [6, 6.07) is 7.31. The number of nitrogens with zero attached hydrogens (tertiary/aromatic N) is 1. The third kappa shape index (κ3) is 2.87. The molecule has 1 aromatic heterocycles. The molecule has 0 saturated heterocycles. The van der Waals surface area contributed by atoms with Crippen molar-refractivity contribution in [2.75, 3.05) is 0 Å². The first-order chi connectivity index (χ1) is 8.79. The van der Waals surface area contributed by atoms with Crippen LogP contribution >= 0.6 is 11.6 Å². The minimum absolute atomic E-state index is 0.0254. The van der Waals surface area contributed by atoms with E-state index in [1.54, 1.807) is 6.07 Å². The standard InChI is InChI=1S/C15H16ClNO2/c1-15(2,3)12-7-9(8-13(18)19)10-5-4-6-11(16)14(10)17-12/h4-7H,8H2,1-3H3,(H,18,19). The third-order valence-corrected chi connectivity index (χ3v) is 3.29. The molecule has 0 atom stereocenters. The molecular formula is C15H16ClNO2. The Balaban J connectivity index is 2.76. The van der Waals surface area contributed by atoms with Gasteiger partial charge in [-0.3, -0.25) is 9.78 Å². The number of aliphatic carboxylic acids is 1. The second-order valence-electron chi connectivity index (χ2n) is 5.62. The maximum absolute atomic E-state index is 11.0. The molecule has 0 aliphatic heterocycles. The topological polar surface area (TPSA) is 50.2 Å². The smallest absolute Gasteiger partial charge is 0.307 e. The van der Waals surface area contributed by atoms with E-state index in [4.69, 9.17) is 16.7 Å². The minimum atomic E-state index is -0.854. The molecule has 3 nitrogen and oxygen atoms in total. The van der Waals surface area contributed by atoms with Gasteiger partial charge < -0.3 is 5.11 Å². The number of hydrogen-bond acceptors (Lipinski definition) is 2. The number of hydrogen-bond donors (Lipinski definition) is 1. The summed E-state index contributed by atoms with van der Waals surface area (Å²) in [6.45, 7) is 6.13. The Bertz CT molecular complexity index is 644. The van der Waals surface area contributed by atoms with Gasteiger partial charge in [0.2, 0.25) is 0 Å². The van der Waals surface area contributed by atoms with Crippen LogP contribution < -0.4 is 0 Å². The lowest BCUT2D eigenvalue weighted by Crippen LogP contribution is -2.15. The highest BCUT2D eigenvalue weighted by molar-refractivity contribution is 6.35. The van der Waals surface area contributed by atoms with Crippen molar-refractivity contribution in [1.29, 1.82) is 0 Å². The fourth-order valence-electron chi connectivity index (χ4n) is 1.98. The van der Waals surface area contributed by atoms with E-state index in [1.807, 2.05) is 39.0 Å². The molecule has 2 rings (SSSR count). The van der Waals surface area contributed by atoms with Crippen molar-refractivity contribution in [2.24, 2.45) is 0 Å². The third-order valence-electron chi connectivity index (χ3n) is 2.99. The molecule has 0 radical (unpaired) electrons. The normalized spacial score (nSPS) is 11.8. The number of benzene rings is 1. The quantitative estimate of drug-likeness (QED) is 0.908. The van der Waals surface area contributed by atoms with Gasteiger partial charge in [0.15, 0.2) is 0 Å². The zero-order chi connectivity index (χ0) is 14.2. The molecule has 0 aliphatic carbocycles. The monoisotopic (exact) mass is 277 g/mol. The minimum Gasteiger partial charge on any atom is -0.481 e. The second kappa shape index (κ2) is 4.82. The number of carboxylic acid groups (broad SMARTS) is 1. The molecule has 1 N–H and O–H groups in total. The van der Waals surface area contributed by atoms with E-state index in [-0.39, 0.29) is 11.8 Å². The number of pyridine rings is 1. The van der Waals surface area contributed by atoms with Crippen molar-refractivity contribution in [1.82, 2.24) is 4.98 Å². The molecule has 0 saturated carbocycles. The molecule has 0 fully saturated rings. The second-order valence-corrected chi connectivity index (χ2v) is 6.03. The highest BCUT2D eigenvalue weighted by atomic mass is 35.5. The highest BCUT2D eigenvalue weighted by Crippen LogP contribution is 2.30. The predicted molar refractivity (Wildman–Crippen MR) is 76.8 cm³/mol. The Morgan fingerprint density at radius 2 is 2.05 bits per heavy atom. The number of fused-ring (bicyclic) bond motifs is 1. The molecule has 1 aromatic carbocycles. The molecule has 100 valence electrons.